The molecule has 0 aliphatic carbocycles. The molecule has 8 heteroatoms. The summed E-state index contributed by atoms with van der Waals surface area (Å²) in [6.07, 6.45) is 1.94. The van der Waals surface area contributed by atoms with E-state index in [9.17, 15) is 22.8 Å². The Labute approximate surface area is 138 Å². The quantitative estimate of drug-likeness (QED) is 0.832. The Morgan fingerprint density at radius 1 is 1.21 bits per heavy atom. The minimum absolute atomic E-state index is 0.0678. The highest BCUT2D eigenvalue weighted by Gasteiger charge is 2.27. The van der Waals surface area contributed by atoms with Crippen LogP contribution in [-0.2, 0) is 9.59 Å². The van der Waals surface area contributed by atoms with E-state index in [1.54, 1.807) is 18.9 Å². The number of halogens is 3. The van der Waals surface area contributed by atoms with Crippen molar-refractivity contribution in [3.63, 3.8) is 0 Å². The van der Waals surface area contributed by atoms with Crippen molar-refractivity contribution in [3.05, 3.63) is 29.6 Å². The third-order valence-electron chi connectivity index (χ3n) is 4.14. The van der Waals surface area contributed by atoms with Crippen molar-refractivity contribution in [1.29, 1.82) is 0 Å². The summed E-state index contributed by atoms with van der Waals surface area (Å²) in [5, 5.41) is 2.19. The summed E-state index contributed by atoms with van der Waals surface area (Å²) in [6.45, 7) is 2.93. The molecule has 1 aromatic carbocycles. The van der Waals surface area contributed by atoms with E-state index in [2.05, 4.69) is 5.32 Å². The highest BCUT2D eigenvalue weighted by Crippen LogP contribution is 2.19. The molecule has 1 aromatic rings. The lowest BCUT2D eigenvalue weighted by Gasteiger charge is -2.27. The first-order chi connectivity index (χ1) is 11.3. The molecule has 132 valence electrons. The summed E-state index contributed by atoms with van der Waals surface area (Å²) in [7, 11) is 1.60. The SMILES string of the molecule is C[C@H](C(=O)N1CCCC1)N(C)CC(=O)Nc1ccc(F)c(F)c1F. The van der Waals surface area contributed by atoms with Crippen LogP contribution in [0.15, 0.2) is 12.1 Å². The van der Waals surface area contributed by atoms with E-state index in [-0.39, 0.29) is 12.5 Å². The summed E-state index contributed by atoms with van der Waals surface area (Å²) in [5.74, 6) is -5.11. The lowest BCUT2D eigenvalue weighted by molar-refractivity contribution is -0.135. The number of amides is 2. The van der Waals surface area contributed by atoms with Crippen molar-refractivity contribution in [1.82, 2.24) is 9.80 Å². The number of carbonyl (C=O) groups is 2. The first-order valence-electron chi connectivity index (χ1n) is 7.73. The molecule has 1 saturated heterocycles. The third kappa shape index (κ3) is 4.05. The van der Waals surface area contributed by atoms with Gasteiger partial charge in [0.05, 0.1) is 18.3 Å². The topological polar surface area (TPSA) is 52.7 Å². The van der Waals surface area contributed by atoms with Crippen molar-refractivity contribution < 1.29 is 22.8 Å². The molecule has 0 aromatic heterocycles. The van der Waals surface area contributed by atoms with Crippen molar-refractivity contribution in [2.45, 2.75) is 25.8 Å². The molecule has 1 aliphatic heterocycles. The number of likely N-dealkylation sites (tertiary alicyclic amines) is 1. The van der Waals surface area contributed by atoms with Gasteiger partial charge in [-0.15, -0.1) is 0 Å². The predicted octanol–water partition coefficient (Wildman–Crippen LogP) is 1.99. The molecule has 5 nitrogen and oxygen atoms in total. The van der Waals surface area contributed by atoms with Crippen molar-refractivity contribution >= 4 is 17.5 Å². The number of hydrogen-bond acceptors (Lipinski definition) is 3. The molecular weight excluding hydrogens is 323 g/mol. The van der Waals surface area contributed by atoms with Crippen LogP contribution in [0.3, 0.4) is 0 Å². The Morgan fingerprint density at radius 3 is 2.46 bits per heavy atom. The molecule has 0 bridgehead atoms. The van der Waals surface area contributed by atoms with E-state index in [1.807, 2.05) is 0 Å². The predicted molar refractivity (Wildman–Crippen MR) is 82.9 cm³/mol. The Balaban J connectivity index is 1.94. The van der Waals surface area contributed by atoms with Gasteiger partial charge < -0.3 is 10.2 Å². The Bertz CT molecular complexity index is 633. The van der Waals surface area contributed by atoms with E-state index in [0.29, 0.717) is 13.1 Å². The van der Waals surface area contributed by atoms with E-state index < -0.39 is 35.1 Å². The zero-order chi connectivity index (χ0) is 17.9. The van der Waals surface area contributed by atoms with Crippen molar-refractivity contribution in [3.8, 4) is 0 Å². The van der Waals surface area contributed by atoms with E-state index >= 15 is 0 Å². The minimum atomic E-state index is -1.64. The fraction of sp³-hybridized carbons (Fsp3) is 0.500. The fourth-order valence-corrected chi connectivity index (χ4v) is 2.57. The summed E-state index contributed by atoms with van der Waals surface area (Å²) in [4.78, 5) is 27.5. The van der Waals surface area contributed by atoms with Crippen molar-refractivity contribution in [2.75, 3.05) is 32.0 Å². The number of anilines is 1. The summed E-state index contributed by atoms with van der Waals surface area (Å²) in [6, 6.07) is 1.17. The molecule has 0 radical (unpaired) electrons. The zero-order valence-corrected chi connectivity index (χ0v) is 13.6. The molecule has 1 atom stereocenters. The molecule has 0 unspecified atom stereocenters. The molecular formula is C16H20F3N3O2. The Hall–Kier alpha value is -2.09. The summed E-state index contributed by atoms with van der Waals surface area (Å²) < 4.78 is 39.6. The second-order valence-electron chi connectivity index (χ2n) is 5.89. The molecule has 1 N–H and O–H groups in total. The van der Waals surface area contributed by atoms with Crippen LogP contribution in [0.4, 0.5) is 18.9 Å². The van der Waals surface area contributed by atoms with Crippen LogP contribution in [0.2, 0.25) is 0 Å². The van der Waals surface area contributed by atoms with Gasteiger partial charge >= 0.3 is 0 Å². The normalized spacial score (nSPS) is 15.7. The van der Waals surface area contributed by atoms with Gasteiger partial charge in [-0.25, -0.2) is 13.2 Å². The molecule has 1 aliphatic rings. The highest BCUT2D eigenvalue weighted by atomic mass is 19.2. The second kappa shape index (κ2) is 7.65. The van der Waals surface area contributed by atoms with Gasteiger partial charge in [-0.2, -0.15) is 0 Å². The molecule has 0 spiro atoms. The monoisotopic (exact) mass is 343 g/mol. The second-order valence-corrected chi connectivity index (χ2v) is 5.89. The van der Waals surface area contributed by atoms with Gasteiger partial charge in [0.2, 0.25) is 11.8 Å². The zero-order valence-electron chi connectivity index (χ0n) is 13.6. The van der Waals surface area contributed by atoms with Gasteiger partial charge in [0, 0.05) is 13.1 Å². The molecule has 2 rings (SSSR count). The number of rotatable bonds is 5. The van der Waals surface area contributed by atoms with Crippen LogP contribution in [0.1, 0.15) is 19.8 Å². The molecule has 1 fully saturated rings. The molecule has 24 heavy (non-hydrogen) atoms. The smallest absolute Gasteiger partial charge is 0.239 e. The van der Waals surface area contributed by atoms with Gasteiger partial charge in [0.15, 0.2) is 17.5 Å². The maximum absolute atomic E-state index is 13.5. The van der Waals surface area contributed by atoms with E-state index in [1.165, 1.54) is 4.90 Å². The summed E-state index contributed by atoms with van der Waals surface area (Å²) >= 11 is 0. The molecule has 1 heterocycles. The number of benzene rings is 1. The Morgan fingerprint density at radius 2 is 1.83 bits per heavy atom. The van der Waals surface area contributed by atoms with Gasteiger partial charge in [0.25, 0.3) is 0 Å². The largest absolute Gasteiger partial charge is 0.341 e. The number of nitrogens with zero attached hydrogens (tertiary/aromatic N) is 2. The van der Waals surface area contributed by atoms with Crippen LogP contribution in [0.5, 0.6) is 0 Å². The first kappa shape index (κ1) is 18.3. The van der Waals surface area contributed by atoms with E-state index in [4.69, 9.17) is 0 Å². The number of likely N-dealkylation sites (N-methyl/N-ethyl adjacent to an activating group) is 1. The van der Waals surface area contributed by atoms with E-state index in [0.717, 1.165) is 25.0 Å². The fourth-order valence-electron chi connectivity index (χ4n) is 2.57. The molecule has 0 saturated carbocycles. The van der Waals surface area contributed by atoms with Crippen LogP contribution < -0.4 is 5.32 Å². The highest BCUT2D eigenvalue weighted by molar-refractivity contribution is 5.93. The average Bonchev–Trinajstić information content (AvgIpc) is 3.08. The Kier molecular flexibility index (Phi) is 5.82. The van der Waals surface area contributed by atoms with Crippen molar-refractivity contribution in [2.24, 2.45) is 0 Å². The van der Waals surface area contributed by atoms with Gasteiger partial charge in [-0.1, -0.05) is 0 Å². The number of carbonyl (C=O) groups excluding carboxylic acids is 2. The summed E-state index contributed by atoms with van der Waals surface area (Å²) in [5.41, 5.74) is -0.439. The number of hydrogen-bond donors (Lipinski definition) is 1. The van der Waals surface area contributed by atoms with Gasteiger partial charge in [-0.3, -0.25) is 14.5 Å². The lowest BCUT2D eigenvalue weighted by atomic mass is 10.2. The third-order valence-corrected chi connectivity index (χ3v) is 4.14. The molecule has 2 amide bonds. The maximum atomic E-state index is 13.5. The van der Waals surface area contributed by atoms with Gasteiger partial charge in [0.1, 0.15) is 0 Å². The standard InChI is InChI=1S/C16H20F3N3O2/c1-10(16(24)22-7-3-4-8-22)21(2)9-13(23)20-12-6-5-11(17)14(18)15(12)19/h5-6,10H,3-4,7-9H2,1-2H3,(H,20,23)/t10-/m1/s1. The first-order valence-corrected chi connectivity index (χ1v) is 7.73. The van der Waals surface area contributed by atoms with Crippen LogP contribution in [0, 0.1) is 17.5 Å². The van der Waals surface area contributed by atoms with Gasteiger partial charge in [-0.05, 0) is 38.9 Å². The van der Waals surface area contributed by atoms with Crippen LogP contribution in [0.25, 0.3) is 0 Å². The maximum Gasteiger partial charge on any atom is 0.239 e. The number of nitrogens with one attached hydrogen (secondary N) is 1. The minimum Gasteiger partial charge on any atom is -0.341 e. The average molecular weight is 343 g/mol. The lowest BCUT2D eigenvalue weighted by Crippen LogP contribution is -2.46. The van der Waals surface area contributed by atoms with Crippen LogP contribution in [-0.4, -0.2) is 54.3 Å². The van der Waals surface area contributed by atoms with Crippen LogP contribution >= 0.6 is 0 Å².